The van der Waals surface area contributed by atoms with Crippen molar-refractivity contribution >= 4 is 0 Å². The molecule has 0 saturated heterocycles. The van der Waals surface area contributed by atoms with Gasteiger partial charge in [0, 0.05) is 5.56 Å². The third-order valence-electron chi connectivity index (χ3n) is 3.29. The largest absolute Gasteiger partial charge is 0.206 e. The first-order valence-corrected chi connectivity index (χ1v) is 6.85. The molecule has 0 amide bonds. The second-order valence-electron chi connectivity index (χ2n) is 4.79. The Kier molecular flexibility index (Phi) is 5.28. The molecule has 0 radical (unpaired) electrons. The molecule has 0 spiro atoms. The van der Waals surface area contributed by atoms with Gasteiger partial charge in [0.05, 0.1) is 5.56 Å². The second kappa shape index (κ2) is 7.38. The molecule has 3 rings (SSSR count). The molecule has 0 heterocycles. The van der Waals surface area contributed by atoms with Crippen LogP contribution >= 0.6 is 0 Å². The Hall–Kier alpha value is -2.92. The number of hydrogen-bond donors (Lipinski definition) is 0. The molecule has 0 N–H and O–H groups in total. The van der Waals surface area contributed by atoms with Crippen molar-refractivity contribution < 1.29 is 8.78 Å². The molecular formula is C21H16F2. The standard InChI is InChI=1S/C20H12F2.CH4/c21-19-7-4-8-20(22)18(19)14-11-15-9-12-17(13-10-15)16-5-2-1-3-6-16;/h1-10,12-13H;1H4. The summed E-state index contributed by atoms with van der Waals surface area (Å²) in [7, 11) is 0. The van der Waals surface area contributed by atoms with Crippen LogP contribution in [-0.4, -0.2) is 0 Å². The van der Waals surface area contributed by atoms with Gasteiger partial charge in [0.25, 0.3) is 0 Å². The first-order valence-electron chi connectivity index (χ1n) is 6.85. The zero-order chi connectivity index (χ0) is 15.4. The van der Waals surface area contributed by atoms with Crippen molar-refractivity contribution in [2.45, 2.75) is 7.43 Å². The molecule has 0 fully saturated rings. The molecule has 0 aliphatic rings. The van der Waals surface area contributed by atoms with E-state index in [4.69, 9.17) is 0 Å². The van der Waals surface area contributed by atoms with Crippen molar-refractivity contribution in [3.05, 3.63) is 95.6 Å². The van der Waals surface area contributed by atoms with Crippen LogP contribution in [0.3, 0.4) is 0 Å². The smallest absolute Gasteiger partial charge is 0.141 e. The Labute approximate surface area is 135 Å². The molecule has 114 valence electrons. The fourth-order valence-electron chi connectivity index (χ4n) is 2.13. The zero-order valence-corrected chi connectivity index (χ0v) is 11.7. The van der Waals surface area contributed by atoms with Gasteiger partial charge in [0.1, 0.15) is 11.6 Å². The molecule has 0 aromatic heterocycles. The maximum atomic E-state index is 13.5. The highest BCUT2D eigenvalue weighted by Gasteiger charge is 2.04. The number of rotatable bonds is 1. The van der Waals surface area contributed by atoms with Crippen LogP contribution < -0.4 is 0 Å². The molecule has 0 aliphatic carbocycles. The molecule has 0 atom stereocenters. The van der Waals surface area contributed by atoms with Gasteiger partial charge in [-0.2, -0.15) is 0 Å². The van der Waals surface area contributed by atoms with Gasteiger partial charge >= 0.3 is 0 Å². The molecule has 0 aliphatic heterocycles. The van der Waals surface area contributed by atoms with Crippen LogP contribution in [0.2, 0.25) is 0 Å². The average Bonchev–Trinajstić information content (AvgIpc) is 2.56. The SMILES string of the molecule is C.Fc1cccc(F)c1C#Cc1ccc(-c2ccccc2)cc1. The summed E-state index contributed by atoms with van der Waals surface area (Å²) in [5.41, 5.74) is 2.70. The lowest BCUT2D eigenvalue weighted by atomic mass is 10.0. The minimum Gasteiger partial charge on any atom is -0.206 e. The zero-order valence-electron chi connectivity index (χ0n) is 11.7. The first kappa shape index (κ1) is 16.5. The van der Waals surface area contributed by atoms with E-state index >= 15 is 0 Å². The van der Waals surface area contributed by atoms with Gasteiger partial charge in [0.15, 0.2) is 0 Å². The summed E-state index contributed by atoms with van der Waals surface area (Å²) in [6, 6.07) is 21.3. The van der Waals surface area contributed by atoms with E-state index < -0.39 is 11.6 Å². The summed E-state index contributed by atoms with van der Waals surface area (Å²) in [6.45, 7) is 0. The summed E-state index contributed by atoms with van der Waals surface area (Å²) in [5, 5.41) is 0. The van der Waals surface area contributed by atoms with Crippen LogP contribution in [0.25, 0.3) is 11.1 Å². The molecule has 3 aromatic carbocycles. The normalized spacial score (nSPS) is 9.48. The third kappa shape index (κ3) is 3.84. The molecule has 0 saturated carbocycles. The van der Waals surface area contributed by atoms with Crippen molar-refractivity contribution in [3.8, 4) is 23.0 Å². The lowest BCUT2D eigenvalue weighted by molar-refractivity contribution is 0.577. The van der Waals surface area contributed by atoms with E-state index in [1.165, 1.54) is 18.2 Å². The number of benzene rings is 3. The maximum absolute atomic E-state index is 13.5. The fraction of sp³-hybridized carbons (Fsp3) is 0.0476. The number of hydrogen-bond acceptors (Lipinski definition) is 0. The number of halogens is 2. The average molecular weight is 306 g/mol. The molecule has 0 bridgehead atoms. The quantitative estimate of drug-likeness (QED) is 0.508. The van der Waals surface area contributed by atoms with Crippen molar-refractivity contribution in [1.29, 1.82) is 0 Å². The van der Waals surface area contributed by atoms with Gasteiger partial charge in [-0.25, -0.2) is 8.78 Å². The van der Waals surface area contributed by atoms with Gasteiger partial charge in [0.2, 0.25) is 0 Å². The monoisotopic (exact) mass is 306 g/mol. The summed E-state index contributed by atoms with van der Waals surface area (Å²) in [4.78, 5) is 0. The predicted molar refractivity (Wildman–Crippen MR) is 90.9 cm³/mol. The van der Waals surface area contributed by atoms with Crippen LogP contribution in [0.15, 0.2) is 72.8 Å². The molecule has 23 heavy (non-hydrogen) atoms. The van der Waals surface area contributed by atoms with E-state index in [1.807, 2.05) is 54.6 Å². The van der Waals surface area contributed by atoms with E-state index in [9.17, 15) is 8.78 Å². The van der Waals surface area contributed by atoms with Crippen LogP contribution in [-0.2, 0) is 0 Å². The van der Waals surface area contributed by atoms with Gasteiger partial charge in [-0.3, -0.25) is 0 Å². The van der Waals surface area contributed by atoms with E-state index in [-0.39, 0.29) is 13.0 Å². The Morgan fingerprint density at radius 2 is 1.13 bits per heavy atom. The lowest BCUT2D eigenvalue weighted by Gasteiger charge is -2.01. The van der Waals surface area contributed by atoms with Crippen LogP contribution in [0.1, 0.15) is 18.6 Å². The Morgan fingerprint density at radius 3 is 1.74 bits per heavy atom. The van der Waals surface area contributed by atoms with Gasteiger partial charge in [-0.15, -0.1) is 0 Å². The minimum absolute atomic E-state index is 0. The van der Waals surface area contributed by atoms with Crippen LogP contribution in [0, 0.1) is 23.5 Å². The molecule has 0 unspecified atom stereocenters. The van der Waals surface area contributed by atoms with Crippen LogP contribution in [0.4, 0.5) is 8.78 Å². The first-order chi connectivity index (χ1) is 10.7. The third-order valence-corrected chi connectivity index (χ3v) is 3.29. The molecular weight excluding hydrogens is 290 g/mol. The van der Waals surface area contributed by atoms with Crippen molar-refractivity contribution in [3.63, 3.8) is 0 Å². The van der Waals surface area contributed by atoms with Crippen molar-refractivity contribution in [2.24, 2.45) is 0 Å². The van der Waals surface area contributed by atoms with E-state index in [0.717, 1.165) is 11.1 Å². The Balaban J connectivity index is 0.00000192. The highest BCUT2D eigenvalue weighted by Crippen LogP contribution is 2.19. The molecule has 0 nitrogen and oxygen atoms in total. The van der Waals surface area contributed by atoms with E-state index in [2.05, 4.69) is 11.8 Å². The maximum Gasteiger partial charge on any atom is 0.141 e. The topological polar surface area (TPSA) is 0 Å². The van der Waals surface area contributed by atoms with Gasteiger partial charge in [-0.1, -0.05) is 67.8 Å². The molecule has 2 heteroatoms. The van der Waals surface area contributed by atoms with E-state index in [1.54, 1.807) is 0 Å². The van der Waals surface area contributed by atoms with Crippen molar-refractivity contribution in [2.75, 3.05) is 0 Å². The fourth-order valence-corrected chi connectivity index (χ4v) is 2.13. The van der Waals surface area contributed by atoms with Gasteiger partial charge in [-0.05, 0) is 35.4 Å². The lowest BCUT2D eigenvalue weighted by Crippen LogP contribution is -1.88. The summed E-state index contributed by atoms with van der Waals surface area (Å²) in [5.74, 6) is 4.06. The van der Waals surface area contributed by atoms with Crippen molar-refractivity contribution in [1.82, 2.24) is 0 Å². The highest BCUT2D eigenvalue weighted by atomic mass is 19.1. The molecule has 3 aromatic rings. The summed E-state index contributed by atoms with van der Waals surface area (Å²) in [6.07, 6.45) is 0. The summed E-state index contributed by atoms with van der Waals surface area (Å²) < 4.78 is 27.0. The predicted octanol–water partition coefficient (Wildman–Crippen LogP) is 5.67. The Bertz CT molecular complexity index is 818. The van der Waals surface area contributed by atoms with Gasteiger partial charge < -0.3 is 0 Å². The van der Waals surface area contributed by atoms with Crippen LogP contribution in [0.5, 0.6) is 0 Å². The highest BCUT2D eigenvalue weighted by molar-refractivity contribution is 5.64. The van der Waals surface area contributed by atoms with E-state index in [0.29, 0.717) is 5.56 Å². The minimum atomic E-state index is -0.645. The Morgan fingerprint density at radius 1 is 0.565 bits per heavy atom. The second-order valence-corrected chi connectivity index (χ2v) is 4.79. The summed E-state index contributed by atoms with van der Waals surface area (Å²) >= 11 is 0.